The van der Waals surface area contributed by atoms with Crippen molar-refractivity contribution in [1.82, 2.24) is 14.6 Å². The van der Waals surface area contributed by atoms with Gasteiger partial charge >= 0.3 is 0 Å². The number of nitrogens with one attached hydrogen (secondary N) is 1. The van der Waals surface area contributed by atoms with Crippen molar-refractivity contribution in [3.05, 3.63) is 23.5 Å². The number of hydrogen-bond donors (Lipinski definition) is 2. The lowest BCUT2D eigenvalue weighted by atomic mass is 10.0. The molecule has 6 heteroatoms. The minimum Gasteiger partial charge on any atom is -0.369 e. The first kappa shape index (κ1) is 14.8. The van der Waals surface area contributed by atoms with Crippen molar-refractivity contribution in [1.29, 1.82) is 0 Å². The molecule has 1 amide bonds. The summed E-state index contributed by atoms with van der Waals surface area (Å²) < 4.78 is 1.82. The van der Waals surface area contributed by atoms with E-state index in [1.807, 2.05) is 23.6 Å². The molecule has 6 nitrogen and oxygen atoms in total. The molecule has 2 aromatic heterocycles. The molecule has 0 bridgehead atoms. The molecule has 2 aromatic rings. The smallest absolute Gasteiger partial charge is 0.222 e. The van der Waals surface area contributed by atoms with Gasteiger partial charge in [-0.05, 0) is 25.7 Å². The largest absolute Gasteiger partial charge is 0.369 e. The first-order valence-electron chi connectivity index (χ1n) is 7.89. The van der Waals surface area contributed by atoms with Gasteiger partial charge in [0.25, 0.3) is 0 Å². The van der Waals surface area contributed by atoms with Crippen LogP contribution >= 0.6 is 0 Å². The Morgan fingerprint density at radius 3 is 2.86 bits per heavy atom. The third-order valence-corrected chi connectivity index (χ3v) is 4.38. The van der Waals surface area contributed by atoms with Gasteiger partial charge in [-0.25, -0.2) is 4.98 Å². The van der Waals surface area contributed by atoms with Gasteiger partial charge in [-0.3, -0.25) is 4.79 Å². The van der Waals surface area contributed by atoms with Crippen molar-refractivity contribution in [2.75, 3.05) is 5.32 Å². The van der Waals surface area contributed by atoms with E-state index < -0.39 is 0 Å². The van der Waals surface area contributed by atoms with Crippen LogP contribution in [-0.4, -0.2) is 26.5 Å². The number of nitrogens with zero attached hydrogens (tertiary/aromatic N) is 3. The summed E-state index contributed by atoms with van der Waals surface area (Å²) in [7, 11) is 0. The highest BCUT2D eigenvalue weighted by atomic mass is 16.1. The number of carbonyl (C=O) groups excluding carboxylic acids is 1. The van der Waals surface area contributed by atoms with Crippen molar-refractivity contribution in [3.63, 3.8) is 0 Å². The molecule has 0 aliphatic heterocycles. The van der Waals surface area contributed by atoms with E-state index in [4.69, 9.17) is 5.73 Å². The number of aryl methyl sites for hydroxylation is 1. The van der Waals surface area contributed by atoms with Gasteiger partial charge in [0, 0.05) is 23.9 Å². The summed E-state index contributed by atoms with van der Waals surface area (Å²) >= 11 is 0. The predicted molar refractivity (Wildman–Crippen MR) is 85.8 cm³/mol. The van der Waals surface area contributed by atoms with Crippen LogP contribution in [0.25, 0.3) is 5.65 Å². The highest BCUT2D eigenvalue weighted by Gasteiger charge is 2.32. The van der Waals surface area contributed by atoms with Gasteiger partial charge in [0.1, 0.15) is 5.82 Å². The Hall–Kier alpha value is -2.11. The number of fused-ring (bicyclic) bond motifs is 1. The molecule has 2 atom stereocenters. The zero-order chi connectivity index (χ0) is 15.9. The topological polar surface area (TPSA) is 85.3 Å². The Morgan fingerprint density at radius 2 is 2.18 bits per heavy atom. The van der Waals surface area contributed by atoms with Crippen molar-refractivity contribution < 1.29 is 4.79 Å². The van der Waals surface area contributed by atoms with E-state index in [0.717, 1.165) is 42.1 Å². The molecule has 0 aromatic carbocycles. The molecular weight excluding hydrogens is 278 g/mol. The van der Waals surface area contributed by atoms with E-state index in [0.29, 0.717) is 5.92 Å². The van der Waals surface area contributed by atoms with Crippen LogP contribution < -0.4 is 11.1 Å². The first-order chi connectivity index (χ1) is 10.5. The Bertz CT molecular complexity index is 706. The normalized spacial score (nSPS) is 21.6. The van der Waals surface area contributed by atoms with Crippen LogP contribution in [0.2, 0.25) is 0 Å². The summed E-state index contributed by atoms with van der Waals surface area (Å²) in [6.07, 6.45) is 2.83. The molecule has 0 saturated heterocycles. The number of nitrogens with two attached hydrogens (primary N) is 1. The second-order valence-electron chi connectivity index (χ2n) is 6.47. The zero-order valence-corrected chi connectivity index (χ0v) is 13.3. The summed E-state index contributed by atoms with van der Waals surface area (Å²) in [5.41, 5.74) is 8.30. The molecule has 0 radical (unpaired) electrons. The lowest BCUT2D eigenvalue weighted by Crippen LogP contribution is -2.34. The molecule has 0 unspecified atom stereocenters. The SMILES string of the molecule is Cc1cc2nc(C(C)C)cc(N[C@@H]3CCC[C@@H]3C(N)=O)n2n1. The summed E-state index contributed by atoms with van der Waals surface area (Å²) in [5.74, 6) is 0.889. The fourth-order valence-electron chi connectivity index (χ4n) is 3.17. The Kier molecular flexibility index (Phi) is 3.76. The molecule has 3 N–H and O–H groups in total. The van der Waals surface area contributed by atoms with Crippen LogP contribution in [0.3, 0.4) is 0 Å². The van der Waals surface area contributed by atoms with Gasteiger partial charge in [0.2, 0.25) is 5.91 Å². The van der Waals surface area contributed by atoms with Gasteiger partial charge < -0.3 is 11.1 Å². The van der Waals surface area contributed by atoms with Crippen molar-refractivity contribution in [2.45, 2.75) is 52.0 Å². The summed E-state index contributed by atoms with van der Waals surface area (Å²) in [5, 5.41) is 7.98. The average Bonchev–Trinajstić information content (AvgIpc) is 3.03. The van der Waals surface area contributed by atoms with Crippen molar-refractivity contribution >= 4 is 17.4 Å². The van der Waals surface area contributed by atoms with Crippen molar-refractivity contribution in [2.24, 2.45) is 11.7 Å². The van der Waals surface area contributed by atoms with Gasteiger partial charge in [0.15, 0.2) is 5.65 Å². The minimum absolute atomic E-state index is 0.0765. The molecule has 1 aliphatic rings. The Labute approximate surface area is 130 Å². The number of primary amides is 1. The molecule has 118 valence electrons. The lowest BCUT2D eigenvalue weighted by Gasteiger charge is -2.20. The summed E-state index contributed by atoms with van der Waals surface area (Å²) in [6.45, 7) is 6.19. The number of rotatable bonds is 4. The fourth-order valence-corrected chi connectivity index (χ4v) is 3.17. The van der Waals surface area contributed by atoms with E-state index in [9.17, 15) is 4.79 Å². The fraction of sp³-hybridized carbons (Fsp3) is 0.562. The zero-order valence-electron chi connectivity index (χ0n) is 13.3. The first-order valence-corrected chi connectivity index (χ1v) is 7.89. The van der Waals surface area contributed by atoms with Gasteiger partial charge in [0.05, 0.1) is 11.6 Å². The van der Waals surface area contributed by atoms with Crippen LogP contribution in [0.1, 0.15) is 50.4 Å². The number of amides is 1. The van der Waals surface area contributed by atoms with Crippen LogP contribution in [0.5, 0.6) is 0 Å². The molecule has 2 heterocycles. The molecule has 1 fully saturated rings. The molecule has 1 saturated carbocycles. The second kappa shape index (κ2) is 5.59. The molecule has 3 rings (SSSR count). The minimum atomic E-state index is -0.221. The van der Waals surface area contributed by atoms with Gasteiger partial charge in [-0.1, -0.05) is 20.3 Å². The second-order valence-corrected chi connectivity index (χ2v) is 6.47. The van der Waals surface area contributed by atoms with E-state index in [-0.39, 0.29) is 17.9 Å². The monoisotopic (exact) mass is 301 g/mol. The average molecular weight is 301 g/mol. The molecule has 22 heavy (non-hydrogen) atoms. The van der Waals surface area contributed by atoms with E-state index in [1.165, 1.54) is 0 Å². The highest BCUT2D eigenvalue weighted by molar-refractivity contribution is 5.78. The lowest BCUT2D eigenvalue weighted by molar-refractivity contribution is -0.121. The number of hydrogen-bond acceptors (Lipinski definition) is 4. The van der Waals surface area contributed by atoms with E-state index in [1.54, 1.807) is 0 Å². The van der Waals surface area contributed by atoms with Crippen LogP contribution in [-0.2, 0) is 4.79 Å². The molecule has 1 aliphatic carbocycles. The van der Waals surface area contributed by atoms with E-state index >= 15 is 0 Å². The highest BCUT2D eigenvalue weighted by Crippen LogP contribution is 2.29. The summed E-state index contributed by atoms with van der Waals surface area (Å²) in [6, 6.07) is 4.07. The maximum atomic E-state index is 11.6. The molecular formula is C16H23N5O. The number of aromatic nitrogens is 3. The van der Waals surface area contributed by atoms with Crippen LogP contribution in [0.15, 0.2) is 12.1 Å². The van der Waals surface area contributed by atoms with Crippen LogP contribution in [0.4, 0.5) is 5.82 Å². The third kappa shape index (κ3) is 2.65. The number of carbonyl (C=O) groups is 1. The van der Waals surface area contributed by atoms with Crippen LogP contribution in [0, 0.1) is 12.8 Å². The standard InChI is InChI=1S/C16H23N5O/c1-9(2)13-8-15(21-14(19-13)7-10(3)20-21)18-12-6-4-5-11(12)16(17)22/h7-9,11-12,18H,4-6H2,1-3H3,(H2,17,22)/t11-,12+/m0/s1. The predicted octanol–water partition coefficient (Wildman–Crippen LogP) is 2.23. The Balaban J connectivity index is 1.99. The number of anilines is 1. The van der Waals surface area contributed by atoms with Gasteiger partial charge in [-0.15, -0.1) is 0 Å². The third-order valence-electron chi connectivity index (χ3n) is 4.38. The maximum absolute atomic E-state index is 11.6. The van der Waals surface area contributed by atoms with Crippen molar-refractivity contribution in [3.8, 4) is 0 Å². The maximum Gasteiger partial charge on any atom is 0.222 e. The summed E-state index contributed by atoms with van der Waals surface area (Å²) in [4.78, 5) is 16.2. The van der Waals surface area contributed by atoms with Gasteiger partial charge in [-0.2, -0.15) is 9.61 Å². The van der Waals surface area contributed by atoms with E-state index in [2.05, 4.69) is 29.2 Å². The molecule has 0 spiro atoms. The quantitative estimate of drug-likeness (QED) is 0.906. The Morgan fingerprint density at radius 1 is 1.41 bits per heavy atom.